The molecule has 166 valence electrons. The zero-order chi connectivity index (χ0) is 22.6. The molecule has 3 N–H and O–H groups in total. The summed E-state index contributed by atoms with van der Waals surface area (Å²) in [6.07, 6.45) is 2.96. The molecule has 1 aliphatic heterocycles. The second-order valence-electron chi connectivity index (χ2n) is 7.43. The van der Waals surface area contributed by atoms with Gasteiger partial charge in [-0.05, 0) is 57.0 Å². The van der Waals surface area contributed by atoms with E-state index in [0.29, 0.717) is 23.8 Å². The van der Waals surface area contributed by atoms with Crippen LogP contribution in [-0.2, 0) is 20.5 Å². The standard InChI is InChI=1S/C20H23ClFN6O2S/c1-20(2,27-19(23)28-10-4-3-9-25-31(28)30)15-11-14(6-7-16(15)22)26-18(29)17-8-5-13(21)12-24-17/h5-8,11-12H,3-4,9-10H2,1-2H3,(H2,23,27)(H,26,29)/q-1. The molecule has 0 fully saturated rings. The van der Waals surface area contributed by atoms with Crippen molar-refractivity contribution in [2.75, 3.05) is 18.4 Å². The van der Waals surface area contributed by atoms with Crippen molar-refractivity contribution >= 4 is 39.9 Å². The van der Waals surface area contributed by atoms with Gasteiger partial charge >= 0.3 is 0 Å². The summed E-state index contributed by atoms with van der Waals surface area (Å²) in [4.78, 5) is 20.8. The van der Waals surface area contributed by atoms with Gasteiger partial charge in [0.05, 0.1) is 10.6 Å². The molecule has 0 saturated heterocycles. The first-order chi connectivity index (χ1) is 14.7. The summed E-state index contributed by atoms with van der Waals surface area (Å²) in [7, 11) is -1.62. The zero-order valence-corrected chi connectivity index (χ0v) is 18.7. The molecular weight excluding hydrogens is 443 g/mol. The Labute approximate surface area is 187 Å². The maximum absolute atomic E-state index is 14.7. The van der Waals surface area contributed by atoms with Crippen molar-refractivity contribution in [3.05, 3.63) is 58.6 Å². The number of carbonyl (C=O) groups is 1. The van der Waals surface area contributed by atoms with Gasteiger partial charge < -0.3 is 23.9 Å². The number of hydrogen-bond acceptors (Lipinski definition) is 6. The van der Waals surface area contributed by atoms with E-state index >= 15 is 0 Å². The van der Waals surface area contributed by atoms with Crippen LogP contribution in [-0.4, -0.2) is 34.2 Å². The summed E-state index contributed by atoms with van der Waals surface area (Å²) < 4.78 is 32.3. The van der Waals surface area contributed by atoms with Gasteiger partial charge in [0.1, 0.15) is 11.5 Å². The van der Waals surface area contributed by atoms with Gasteiger partial charge in [-0.1, -0.05) is 22.4 Å². The lowest BCUT2D eigenvalue weighted by Gasteiger charge is -2.30. The summed E-state index contributed by atoms with van der Waals surface area (Å²) in [6.45, 7) is 4.32. The number of rotatable bonds is 4. The molecule has 2 heterocycles. The van der Waals surface area contributed by atoms with Crippen molar-refractivity contribution in [3.63, 3.8) is 0 Å². The van der Waals surface area contributed by atoms with E-state index in [1.807, 2.05) is 0 Å². The van der Waals surface area contributed by atoms with Crippen molar-refractivity contribution in [3.8, 4) is 0 Å². The van der Waals surface area contributed by atoms with Gasteiger partial charge in [0.25, 0.3) is 5.91 Å². The molecule has 1 aromatic heterocycles. The van der Waals surface area contributed by atoms with E-state index in [9.17, 15) is 13.4 Å². The largest absolute Gasteiger partial charge is 0.424 e. The van der Waals surface area contributed by atoms with E-state index in [-0.39, 0.29) is 17.2 Å². The highest BCUT2D eigenvalue weighted by Gasteiger charge is 2.25. The number of pyridine rings is 1. The Balaban J connectivity index is 1.86. The van der Waals surface area contributed by atoms with Crippen LogP contribution in [0.15, 0.2) is 45.9 Å². The molecule has 3 rings (SSSR count). The number of amides is 1. The fourth-order valence-electron chi connectivity index (χ4n) is 3.03. The first-order valence-corrected chi connectivity index (χ1v) is 11.1. The molecule has 0 atom stereocenters. The average molecular weight is 466 g/mol. The van der Waals surface area contributed by atoms with Gasteiger partial charge in [0.15, 0.2) is 5.96 Å². The third kappa shape index (κ3) is 5.71. The number of aliphatic imine (C=N–C) groups is 1. The lowest BCUT2D eigenvalue weighted by Crippen LogP contribution is -2.38. The highest BCUT2D eigenvalue weighted by Crippen LogP contribution is 2.30. The number of nitrogens with one attached hydrogen (secondary N) is 1. The SMILES string of the molecule is CC(C)(N=C(N)N1CCCCN=[S-]1=O)c1cc(NC(=O)c2ccc(Cl)cn2)ccc1F. The third-order valence-corrected chi connectivity index (χ3v) is 6.03. The number of aromatic nitrogens is 1. The highest BCUT2D eigenvalue weighted by atomic mass is 35.5. The lowest BCUT2D eigenvalue weighted by molar-refractivity contribution is 0.102. The van der Waals surface area contributed by atoms with Gasteiger partial charge in [-0.3, -0.25) is 4.79 Å². The van der Waals surface area contributed by atoms with E-state index in [4.69, 9.17) is 17.3 Å². The number of anilines is 1. The first kappa shape index (κ1) is 23.0. The number of carbonyl (C=O) groups excluding carboxylic acids is 1. The molecule has 31 heavy (non-hydrogen) atoms. The Bertz CT molecular complexity index is 1080. The first-order valence-electron chi connectivity index (χ1n) is 9.63. The molecule has 0 aliphatic carbocycles. The molecule has 0 bridgehead atoms. The Morgan fingerprint density at radius 1 is 1.32 bits per heavy atom. The number of nitrogens with zero attached hydrogens (tertiary/aromatic N) is 4. The van der Waals surface area contributed by atoms with Crippen LogP contribution in [0.3, 0.4) is 0 Å². The summed E-state index contributed by atoms with van der Waals surface area (Å²) >= 11 is 5.79. The minimum absolute atomic E-state index is 0.0215. The minimum atomic E-state index is -1.62. The number of guanidine groups is 1. The number of benzene rings is 1. The fourth-order valence-corrected chi connectivity index (χ4v) is 4.05. The Morgan fingerprint density at radius 2 is 2.10 bits per heavy atom. The second-order valence-corrected chi connectivity index (χ2v) is 9.03. The molecule has 2 aromatic rings. The van der Waals surface area contributed by atoms with E-state index in [1.54, 1.807) is 19.9 Å². The molecule has 0 saturated carbocycles. The Morgan fingerprint density at radius 3 is 2.81 bits per heavy atom. The van der Waals surface area contributed by atoms with Crippen LogP contribution in [0.1, 0.15) is 42.7 Å². The maximum Gasteiger partial charge on any atom is 0.274 e. The summed E-state index contributed by atoms with van der Waals surface area (Å²) in [6, 6.07) is 7.22. The fraction of sp³-hybridized carbons (Fsp3) is 0.350. The van der Waals surface area contributed by atoms with Crippen LogP contribution in [0, 0.1) is 5.82 Å². The van der Waals surface area contributed by atoms with Gasteiger partial charge in [0, 0.05) is 30.5 Å². The predicted molar refractivity (Wildman–Crippen MR) is 120 cm³/mol. The average Bonchev–Trinajstić information content (AvgIpc) is 2.93. The topological polar surface area (TPSA) is 113 Å². The molecule has 0 unspecified atom stereocenters. The Kier molecular flexibility index (Phi) is 7.11. The zero-order valence-electron chi connectivity index (χ0n) is 17.1. The molecule has 1 aliphatic rings. The van der Waals surface area contributed by atoms with Crippen LogP contribution in [0.25, 0.3) is 0 Å². The lowest BCUT2D eigenvalue weighted by atomic mass is 9.94. The molecular formula is C20H23ClFN6O2S-. The van der Waals surface area contributed by atoms with Crippen molar-refractivity contribution in [2.24, 2.45) is 15.1 Å². The monoisotopic (exact) mass is 465 g/mol. The van der Waals surface area contributed by atoms with Crippen molar-refractivity contribution in [2.45, 2.75) is 32.2 Å². The minimum Gasteiger partial charge on any atom is -0.424 e. The third-order valence-electron chi connectivity index (χ3n) is 4.65. The van der Waals surface area contributed by atoms with E-state index < -0.39 is 28.0 Å². The highest BCUT2D eigenvalue weighted by molar-refractivity contribution is 7.72. The summed E-state index contributed by atoms with van der Waals surface area (Å²) in [5, 5.41) is 3.10. The molecule has 0 spiro atoms. The maximum atomic E-state index is 14.7. The van der Waals surface area contributed by atoms with Crippen LogP contribution >= 0.6 is 11.6 Å². The van der Waals surface area contributed by atoms with E-state index in [0.717, 1.165) is 12.8 Å². The molecule has 11 heteroatoms. The smallest absolute Gasteiger partial charge is 0.274 e. The van der Waals surface area contributed by atoms with Gasteiger partial charge in [-0.25, -0.2) is 14.4 Å². The van der Waals surface area contributed by atoms with Gasteiger partial charge in [-0.2, -0.15) is 0 Å². The molecule has 1 amide bonds. The van der Waals surface area contributed by atoms with Crippen LogP contribution in [0.5, 0.6) is 0 Å². The van der Waals surface area contributed by atoms with Crippen LogP contribution in [0.4, 0.5) is 10.1 Å². The van der Waals surface area contributed by atoms with Gasteiger partial charge in [0.2, 0.25) is 0 Å². The van der Waals surface area contributed by atoms with Crippen molar-refractivity contribution in [1.29, 1.82) is 0 Å². The molecule has 1 aromatic carbocycles. The van der Waals surface area contributed by atoms with E-state index in [2.05, 4.69) is 19.7 Å². The summed E-state index contributed by atoms with van der Waals surface area (Å²) in [5.41, 5.74) is 5.76. The van der Waals surface area contributed by atoms with Crippen LogP contribution in [0.2, 0.25) is 5.02 Å². The van der Waals surface area contributed by atoms with Crippen molar-refractivity contribution < 1.29 is 13.4 Å². The summed E-state index contributed by atoms with van der Waals surface area (Å²) in [5.74, 6) is -0.948. The number of hydrogen-bond donors (Lipinski definition) is 2. The number of halogens is 2. The quantitative estimate of drug-likeness (QED) is 0.405. The predicted octanol–water partition coefficient (Wildman–Crippen LogP) is 3.83. The normalized spacial score (nSPS) is 15.9. The molecule has 8 nitrogen and oxygen atoms in total. The molecule has 0 radical (unpaired) electrons. The van der Waals surface area contributed by atoms with Crippen molar-refractivity contribution in [1.82, 2.24) is 9.29 Å². The van der Waals surface area contributed by atoms with Crippen LogP contribution < -0.4 is 11.1 Å². The number of nitrogens with two attached hydrogens (primary N) is 1. The Hall–Kier alpha value is -2.72. The van der Waals surface area contributed by atoms with Gasteiger partial charge in [-0.15, -0.1) is 0 Å². The second kappa shape index (κ2) is 9.61. The van der Waals surface area contributed by atoms with E-state index in [1.165, 1.54) is 34.8 Å².